The van der Waals surface area contributed by atoms with Crippen LogP contribution in [0, 0.1) is 10.1 Å². The van der Waals surface area contributed by atoms with E-state index >= 15 is 0 Å². The molecule has 120 valence electrons. The van der Waals surface area contributed by atoms with Gasteiger partial charge in [-0.25, -0.2) is 4.79 Å². The summed E-state index contributed by atoms with van der Waals surface area (Å²) in [6.45, 7) is 0. The molecule has 9 heteroatoms. The van der Waals surface area contributed by atoms with Gasteiger partial charge >= 0.3 is 6.16 Å². The molecule has 0 unspecified atom stereocenters. The zero-order chi connectivity index (χ0) is 17.0. The van der Waals surface area contributed by atoms with E-state index in [-0.39, 0.29) is 17.1 Å². The van der Waals surface area contributed by atoms with Gasteiger partial charge in [-0.05, 0) is 18.2 Å². The van der Waals surface area contributed by atoms with Crippen LogP contribution in [0.2, 0.25) is 0 Å². The van der Waals surface area contributed by atoms with Gasteiger partial charge in [-0.15, -0.1) is 0 Å². The first-order valence-electron chi connectivity index (χ1n) is 6.30. The molecular formula is C14H13N3O6. The van der Waals surface area contributed by atoms with E-state index in [2.05, 4.69) is 10.1 Å². The highest BCUT2D eigenvalue weighted by Gasteiger charge is 2.12. The summed E-state index contributed by atoms with van der Waals surface area (Å²) in [5.41, 5.74) is 6.61. The van der Waals surface area contributed by atoms with Crippen molar-refractivity contribution < 1.29 is 24.3 Å². The normalized spacial score (nSPS) is 9.96. The summed E-state index contributed by atoms with van der Waals surface area (Å²) >= 11 is 0. The molecule has 0 bridgehead atoms. The van der Waals surface area contributed by atoms with E-state index in [1.54, 1.807) is 0 Å². The Morgan fingerprint density at radius 1 is 1.26 bits per heavy atom. The van der Waals surface area contributed by atoms with Crippen molar-refractivity contribution in [3.05, 3.63) is 46.5 Å². The fraction of sp³-hybridized carbons (Fsp3) is 0.0714. The molecule has 4 N–H and O–H groups in total. The third-order valence-electron chi connectivity index (χ3n) is 2.89. The molecule has 0 aromatic heterocycles. The SMILES string of the molecule is COc1ccc(OC(=O)O)cc1Nc1ccc([N+](=O)[O-])cc1N. The number of rotatable bonds is 5. The number of hydrogen-bond donors (Lipinski definition) is 3. The number of methoxy groups -OCH3 is 1. The first kappa shape index (κ1) is 15.9. The first-order chi connectivity index (χ1) is 10.9. The van der Waals surface area contributed by atoms with E-state index in [9.17, 15) is 14.9 Å². The molecule has 0 fully saturated rings. The maximum absolute atomic E-state index is 10.7. The van der Waals surface area contributed by atoms with Gasteiger partial charge in [0.05, 0.1) is 29.1 Å². The monoisotopic (exact) mass is 319 g/mol. The topological polar surface area (TPSA) is 137 Å². The van der Waals surface area contributed by atoms with Crippen LogP contribution < -0.4 is 20.5 Å². The van der Waals surface area contributed by atoms with Crippen LogP contribution in [0.5, 0.6) is 11.5 Å². The van der Waals surface area contributed by atoms with Crippen molar-refractivity contribution >= 4 is 28.9 Å². The number of nitrogens with one attached hydrogen (secondary N) is 1. The van der Waals surface area contributed by atoms with Crippen molar-refractivity contribution in [2.24, 2.45) is 0 Å². The first-order valence-corrected chi connectivity index (χ1v) is 6.30. The van der Waals surface area contributed by atoms with Gasteiger partial charge in [0, 0.05) is 18.2 Å². The number of hydrogen-bond acceptors (Lipinski definition) is 7. The van der Waals surface area contributed by atoms with Crippen LogP contribution >= 0.6 is 0 Å². The summed E-state index contributed by atoms with van der Waals surface area (Å²) in [7, 11) is 1.44. The number of carbonyl (C=O) groups is 1. The van der Waals surface area contributed by atoms with Gasteiger partial charge in [-0.1, -0.05) is 0 Å². The Hall–Kier alpha value is -3.49. The molecule has 0 heterocycles. The molecule has 2 rings (SSSR count). The van der Waals surface area contributed by atoms with Crippen molar-refractivity contribution in [3.8, 4) is 11.5 Å². The lowest BCUT2D eigenvalue weighted by molar-refractivity contribution is -0.384. The van der Waals surface area contributed by atoms with Crippen LogP contribution in [0.3, 0.4) is 0 Å². The maximum Gasteiger partial charge on any atom is 0.511 e. The molecule has 0 amide bonds. The highest BCUT2D eigenvalue weighted by molar-refractivity contribution is 5.78. The minimum Gasteiger partial charge on any atom is -0.495 e. The molecule has 0 spiro atoms. The molecule has 0 saturated heterocycles. The summed E-state index contributed by atoms with van der Waals surface area (Å²) in [5.74, 6) is 0.502. The molecule has 0 atom stereocenters. The fourth-order valence-corrected chi connectivity index (χ4v) is 1.87. The van der Waals surface area contributed by atoms with Crippen LogP contribution in [0.1, 0.15) is 0 Å². The lowest BCUT2D eigenvalue weighted by Crippen LogP contribution is -2.04. The lowest BCUT2D eigenvalue weighted by atomic mass is 10.2. The number of carboxylic acid groups (broad SMARTS) is 1. The second-order valence-corrected chi connectivity index (χ2v) is 4.38. The van der Waals surface area contributed by atoms with Crippen LogP contribution in [-0.2, 0) is 0 Å². The Bertz CT molecular complexity index is 762. The molecule has 2 aromatic rings. The summed E-state index contributed by atoms with van der Waals surface area (Å²) in [4.78, 5) is 20.7. The summed E-state index contributed by atoms with van der Waals surface area (Å²) in [6, 6.07) is 8.31. The molecule has 0 radical (unpaired) electrons. The molecule has 0 aliphatic carbocycles. The number of nitrogens with zero attached hydrogens (tertiary/aromatic N) is 1. The standard InChI is InChI=1S/C14H13N3O6/c1-22-13-5-3-9(23-14(18)19)7-12(13)16-11-4-2-8(17(20)21)6-10(11)15/h2-7,16H,15H2,1H3,(H,18,19). The van der Waals surface area contributed by atoms with Crippen LogP contribution in [0.4, 0.5) is 27.5 Å². The Morgan fingerprint density at radius 3 is 2.57 bits per heavy atom. The van der Waals surface area contributed by atoms with E-state index in [1.165, 1.54) is 43.5 Å². The van der Waals surface area contributed by atoms with E-state index in [0.29, 0.717) is 17.1 Å². The third-order valence-corrected chi connectivity index (χ3v) is 2.89. The molecule has 23 heavy (non-hydrogen) atoms. The number of ether oxygens (including phenoxy) is 2. The Balaban J connectivity index is 2.34. The van der Waals surface area contributed by atoms with Gasteiger partial charge in [0.2, 0.25) is 0 Å². The number of nitrogen functional groups attached to an aromatic ring is 1. The number of anilines is 3. The predicted molar refractivity (Wildman–Crippen MR) is 82.4 cm³/mol. The third kappa shape index (κ3) is 3.79. The Kier molecular flexibility index (Phi) is 4.50. The fourth-order valence-electron chi connectivity index (χ4n) is 1.87. The van der Waals surface area contributed by atoms with Crippen molar-refractivity contribution in [2.75, 3.05) is 18.2 Å². The Morgan fingerprint density at radius 2 is 2.00 bits per heavy atom. The van der Waals surface area contributed by atoms with Crippen LogP contribution in [0.15, 0.2) is 36.4 Å². The highest BCUT2D eigenvalue weighted by Crippen LogP contribution is 2.34. The zero-order valence-electron chi connectivity index (χ0n) is 12.0. The quantitative estimate of drug-likeness (QED) is 0.251. The van der Waals surface area contributed by atoms with E-state index < -0.39 is 11.1 Å². The molecule has 9 nitrogen and oxygen atoms in total. The number of nitrogens with two attached hydrogens (primary N) is 1. The summed E-state index contributed by atoms with van der Waals surface area (Å²) < 4.78 is 9.74. The van der Waals surface area contributed by atoms with Crippen LogP contribution in [-0.4, -0.2) is 23.3 Å². The highest BCUT2D eigenvalue weighted by atomic mass is 16.7. The summed E-state index contributed by atoms with van der Waals surface area (Å²) in [6.07, 6.45) is -1.45. The molecule has 0 aliphatic heterocycles. The van der Waals surface area contributed by atoms with Gasteiger partial charge in [0.25, 0.3) is 5.69 Å². The second-order valence-electron chi connectivity index (χ2n) is 4.38. The zero-order valence-corrected chi connectivity index (χ0v) is 12.0. The molecule has 2 aromatic carbocycles. The minimum absolute atomic E-state index is 0.0845. The smallest absolute Gasteiger partial charge is 0.495 e. The largest absolute Gasteiger partial charge is 0.511 e. The average Bonchev–Trinajstić information content (AvgIpc) is 2.49. The number of nitro groups is 1. The van der Waals surface area contributed by atoms with E-state index in [4.69, 9.17) is 15.6 Å². The van der Waals surface area contributed by atoms with Crippen molar-refractivity contribution in [1.82, 2.24) is 0 Å². The van der Waals surface area contributed by atoms with Crippen molar-refractivity contribution in [2.45, 2.75) is 0 Å². The van der Waals surface area contributed by atoms with E-state index in [1.807, 2.05) is 0 Å². The molecule has 0 saturated carbocycles. The number of benzene rings is 2. The van der Waals surface area contributed by atoms with Gasteiger partial charge < -0.3 is 25.6 Å². The minimum atomic E-state index is -1.45. The average molecular weight is 319 g/mol. The molecular weight excluding hydrogens is 306 g/mol. The van der Waals surface area contributed by atoms with Gasteiger partial charge in [-0.3, -0.25) is 10.1 Å². The maximum atomic E-state index is 10.7. The van der Waals surface area contributed by atoms with Crippen molar-refractivity contribution in [3.63, 3.8) is 0 Å². The van der Waals surface area contributed by atoms with E-state index in [0.717, 1.165) is 0 Å². The predicted octanol–water partition coefficient (Wildman–Crippen LogP) is 2.99. The van der Waals surface area contributed by atoms with Crippen LogP contribution in [0.25, 0.3) is 0 Å². The molecule has 0 aliphatic rings. The summed E-state index contributed by atoms with van der Waals surface area (Å²) in [5, 5.41) is 22.3. The van der Waals surface area contributed by atoms with Gasteiger partial charge in [0.15, 0.2) is 0 Å². The number of nitro benzene ring substituents is 1. The Labute approximate surface area is 130 Å². The lowest BCUT2D eigenvalue weighted by Gasteiger charge is -2.13. The second kappa shape index (κ2) is 6.52. The van der Waals surface area contributed by atoms with Gasteiger partial charge in [-0.2, -0.15) is 0 Å². The van der Waals surface area contributed by atoms with Gasteiger partial charge in [0.1, 0.15) is 11.5 Å². The number of non-ortho nitro benzene ring substituents is 1. The van der Waals surface area contributed by atoms with Crippen molar-refractivity contribution in [1.29, 1.82) is 0 Å².